The molecule has 0 spiro atoms. The van der Waals surface area contributed by atoms with Crippen molar-refractivity contribution in [2.24, 2.45) is 0 Å². The number of pyridine rings is 1. The molecule has 0 N–H and O–H groups in total. The second-order valence-electron chi connectivity index (χ2n) is 7.28. The fraction of sp³-hybridized carbons (Fsp3) is 0.471. The Morgan fingerprint density at radius 1 is 1.32 bits per heavy atom. The summed E-state index contributed by atoms with van der Waals surface area (Å²) >= 11 is 3.59. The molecule has 0 unspecified atom stereocenters. The Morgan fingerprint density at radius 3 is 2.55 bits per heavy atom. The molecule has 0 aromatic carbocycles. The number of rotatable bonds is 4. The van der Waals surface area contributed by atoms with Crippen LogP contribution in [0.5, 0.6) is 0 Å². The average molecular weight is 381 g/mol. The highest BCUT2D eigenvalue weighted by molar-refractivity contribution is 9.10. The maximum atomic E-state index is 6.33. The van der Waals surface area contributed by atoms with Crippen LogP contribution >= 0.6 is 15.9 Å². The molecule has 0 aliphatic heterocycles. The van der Waals surface area contributed by atoms with Crippen LogP contribution in [0.25, 0.3) is 5.82 Å². The van der Waals surface area contributed by atoms with Gasteiger partial charge in [0.25, 0.3) is 0 Å². The largest absolute Gasteiger partial charge is 0.413 e. The first-order valence-corrected chi connectivity index (χ1v) is 11.2. The molecular formula is C17H25BrN2OSi. The fourth-order valence-electron chi connectivity index (χ4n) is 1.84. The van der Waals surface area contributed by atoms with E-state index >= 15 is 0 Å². The van der Waals surface area contributed by atoms with Crippen molar-refractivity contribution >= 4 is 24.2 Å². The second-order valence-corrected chi connectivity index (χ2v) is 12.9. The van der Waals surface area contributed by atoms with E-state index < -0.39 is 8.32 Å². The van der Waals surface area contributed by atoms with Gasteiger partial charge in [0.05, 0.1) is 6.61 Å². The van der Waals surface area contributed by atoms with Gasteiger partial charge in [0.15, 0.2) is 8.32 Å². The first kappa shape index (κ1) is 17.4. The zero-order valence-corrected chi connectivity index (χ0v) is 16.9. The summed E-state index contributed by atoms with van der Waals surface area (Å²) in [6.07, 6.45) is 5.97. The van der Waals surface area contributed by atoms with Crippen LogP contribution in [0.3, 0.4) is 0 Å². The molecule has 0 atom stereocenters. The molecule has 2 heterocycles. The van der Waals surface area contributed by atoms with E-state index in [1.165, 1.54) is 5.56 Å². The van der Waals surface area contributed by atoms with Crippen molar-refractivity contribution in [3.05, 3.63) is 46.3 Å². The number of hydrogen-bond acceptors (Lipinski definition) is 2. The highest BCUT2D eigenvalue weighted by Crippen LogP contribution is 2.37. The molecule has 5 heteroatoms. The molecule has 0 fully saturated rings. The topological polar surface area (TPSA) is 27.1 Å². The van der Waals surface area contributed by atoms with Crippen molar-refractivity contribution in [1.82, 2.24) is 9.55 Å². The van der Waals surface area contributed by atoms with Gasteiger partial charge in [-0.1, -0.05) is 20.8 Å². The van der Waals surface area contributed by atoms with E-state index in [0.717, 1.165) is 15.9 Å². The summed E-state index contributed by atoms with van der Waals surface area (Å²) in [5, 5.41) is 0.215. The minimum absolute atomic E-state index is 0.215. The monoisotopic (exact) mass is 380 g/mol. The average Bonchev–Trinajstić information content (AvgIpc) is 2.83. The standard InChI is InChI=1S/C17H25BrN2OSi/c1-13-7-8-20(11-13)16-9-14(15(18)10-19-16)12-21-22(5,6)17(2,3)4/h7-11H,12H2,1-6H3. The number of hydrogen-bond donors (Lipinski definition) is 0. The van der Waals surface area contributed by atoms with Gasteiger partial charge in [0, 0.05) is 23.1 Å². The maximum absolute atomic E-state index is 6.33. The lowest BCUT2D eigenvalue weighted by Gasteiger charge is -2.36. The van der Waals surface area contributed by atoms with Crippen LogP contribution in [0.1, 0.15) is 31.9 Å². The molecule has 120 valence electrons. The molecule has 0 aliphatic rings. The molecule has 2 aromatic rings. The highest BCUT2D eigenvalue weighted by atomic mass is 79.9. The minimum Gasteiger partial charge on any atom is -0.413 e. The lowest BCUT2D eigenvalue weighted by Crippen LogP contribution is -2.40. The van der Waals surface area contributed by atoms with Crippen molar-refractivity contribution in [3.8, 4) is 5.82 Å². The molecule has 0 saturated carbocycles. The Hall–Kier alpha value is -0.913. The first-order chi connectivity index (χ1) is 10.1. The first-order valence-electron chi connectivity index (χ1n) is 7.53. The lowest BCUT2D eigenvalue weighted by molar-refractivity contribution is 0.275. The molecule has 22 heavy (non-hydrogen) atoms. The predicted octanol–water partition coefficient (Wildman–Crippen LogP) is 5.47. The predicted molar refractivity (Wildman–Crippen MR) is 98.0 cm³/mol. The van der Waals surface area contributed by atoms with Crippen LogP contribution in [-0.4, -0.2) is 17.9 Å². The van der Waals surface area contributed by atoms with E-state index in [0.29, 0.717) is 6.61 Å². The van der Waals surface area contributed by atoms with E-state index in [2.05, 4.69) is 80.0 Å². The number of halogens is 1. The third-order valence-corrected chi connectivity index (χ3v) is 9.61. The Labute approximate surface area is 143 Å². The van der Waals surface area contributed by atoms with Crippen molar-refractivity contribution in [2.45, 2.75) is 52.4 Å². The highest BCUT2D eigenvalue weighted by Gasteiger charge is 2.37. The van der Waals surface area contributed by atoms with Crippen LogP contribution in [0.15, 0.2) is 35.2 Å². The zero-order valence-electron chi connectivity index (χ0n) is 14.3. The summed E-state index contributed by atoms with van der Waals surface area (Å²) in [5.74, 6) is 0.921. The number of aromatic nitrogens is 2. The molecule has 0 saturated heterocycles. The van der Waals surface area contributed by atoms with E-state index in [9.17, 15) is 0 Å². The third-order valence-electron chi connectivity index (χ3n) is 4.42. The van der Waals surface area contributed by atoms with Crippen LogP contribution in [0, 0.1) is 6.92 Å². The Bertz CT molecular complexity index is 659. The molecule has 0 amide bonds. The SMILES string of the molecule is Cc1ccn(-c2cc(CO[Si](C)(C)C(C)(C)C)c(Br)cn2)c1. The van der Waals surface area contributed by atoms with Crippen LogP contribution in [0.4, 0.5) is 0 Å². The summed E-state index contributed by atoms with van der Waals surface area (Å²) in [6, 6.07) is 4.17. The van der Waals surface area contributed by atoms with Crippen molar-refractivity contribution in [3.63, 3.8) is 0 Å². The normalized spacial score (nSPS) is 12.7. The summed E-state index contributed by atoms with van der Waals surface area (Å²) in [6.45, 7) is 14.0. The lowest BCUT2D eigenvalue weighted by atomic mass is 10.2. The van der Waals surface area contributed by atoms with Gasteiger partial charge in [-0.15, -0.1) is 0 Å². The summed E-state index contributed by atoms with van der Waals surface area (Å²) in [4.78, 5) is 4.49. The summed E-state index contributed by atoms with van der Waals surface area (Å²) < 4.78 is 9.37. The Kier molecular flexibility index (Phi) is 4.99. The summed E-state index contributed by atoms with van der Waals surface area (Å²) in [5.41, 5.74) is 2.37. The van der Waals surface area contributed by atoms with Crippen molar-refractivity contribution in [1.29, 1.82) is 0 Å². The van der Waals surface area contributed by atoms with Gasteiger partial charge >= 0.3 is 0 Å². The molecule has 2 rings (SSSR count). The van der Waals surface area contributed by atoms with Gasteiger partial charge in [-0.25, -0.2) is 4.98 Å². The second kappa shape index (κ2) is 6.30. The summed E-state index contributed by atoms with van der Waals surface area (Å²) in [7, 11) is -1.75. The molecule has 0 aliphatic carbocycles. The van der Waals surface area contributed by atoms with E-state index in [1.54, 1.807) is 0 Å². The Balaban J connectivity index is 2.21. The van der Waals surface area contributed by atoms with Crippen molar-refractivity contribution < 1.29 is 4.43 Å². The molecule has 0 radical (unpaired) electrons. The zero-order chi connectivity index (χ0) is 16.5. The van der Waals surface area contributed by atoms with Gasteiger partial charge in [0.1, 0.15) is 5.82 Å². The Morgan fingerprint density at radius 2 is 2.00 bits per heavy atom. The quantitative estimate of drug-likeness (QED) is 0.657. The van der Waals surface area contributed by atoms with E-state index in [4.69, 9.17) is 4.43 Å². The van der Waals surface area contributed by atoms with Crippen molar-refractivity contribution in [2.75, 3.05) is 0 Å². The smallest absolute Gasteiger partial charge is 0.192 e. The van der Waals surface area contributed by atoms with Crippen LogP contribution < -0.4 is 0 Å². The van der Waals surface area contributed by atoms with Gasteiger partial charge in [-0.2, -0.15) is 0 Å². The minimum atomic E-state index is -1.75. The maximum Gasteiger partial charge on any atom is 0.192 e. The van der Waals surface area contributed by atoms with Gasteiger partial charge in [0.2, 0.25) is 0 Å². The van der Waals surface area contributed by atoms with E-state index in [1.807, 2.05) is 17.0 Å². The van der Waals surface area contributed by atoms with Crippen LogP contribution in [-0.2, 0) is 11.0 Å². The molecule has 3 nitrogen and oxygen atoms in total. The van der Waals surface area contributed by atoms with Gasteiger partial charge < -0.3 is 8.99 Å². The van der Waals surface area contributed by atoms with Gasteiger partial charge in [-0.3, -0.25) is 0 Å². The van der Waals surface area contributed by atoms with Gasteiger partial charge in [-0.05, 0) is 64.2 Å². The van der Waals surface area contributed by atoms with Crippen LogP contribution in [0.2, 0.25) is 18.1 Å². The van der Waals surface area contributed by atoms with E-state index in [-0.39, 0.29) is 5.04 Å². The molecular weight excluding hydrogens is 356 g/mol. The number of nitrogens with zero attached hydrogens (tertiary/aromatic N) is 2. The molecule has 2 aromatic heterocycles. The number of aryl methyl sites for hydroxylation is 1. The third kappa shape index (κ3) is 3.89. The fourth-order valence-corrected chi connectivity index (χ4v) is 3.12. The molecule has 0 bridgehead atoms.